The van der Waals surface area contributed by atoms with E-state index in [4.69, 9.17) is 9.68 Å². The van der Waals surface area contributed by atoms with Crippen molar-refractivity contribution in [2.24, 2.45) is 0 Å². The summed E-state index contributed by atoms with van der Waals surface area (Å²) >= 11 is 0. The first-order valence-corrected chi connectivity index (χ1v) is 3.69. The van der Waals surface area contributed by atoms with Crippen molar-refractivity contribution in [2.45, 2.75) is 26.2 Å². The second-order valence-corrected chi connectivity index (χ2v) is 2.79. The largest absolute Gasteiger partial charge is 0.465 e. The SMILES string of the molecule is CC(C)c1ccc(CC#N)o1. The van der Waals surface area contributed by atoms with Crippen LogP contribution in [0.25, 0.3) is 0 Å². The molecule has 0 spiro atoms. The molecule has 0 aliphatic carbocycles. The molecule has 0 N–H and O–H groups in total. The molecular formula is C9H11NO. The minimum Gasteiger partial charge on any atom is -0.465 e. The minimum absolute atomic E-state index is 0.368. The van der Waals surface area contributed by atoms with Crippen LogP contribution < -0.4 is 0 Å². The average molecular weight is 149 g/mol. The van der Waals surface area contributed by atoms with E-state index in [0.717, 1.165) is 11.5 Å². The maximum Gasteiger partial charge on any atom is 0.118 e. The summed E-state index contributed by atoms with van der Waals surface area (Å²) in [6, 6.07) is 5.83. The van der Waals surface area contributed by atoms with E-state index < -0.39 is 0 Å². The van der Waals surface area contributed by atoms with Crippen molar-refractivity contribution in [1.82, 2.24) is 0 Å². The molecule has 1 aromatic heterocycles. The molecule has 0 amide bonds. The van der Waals surface area contributed by atoms with E-state index in [1.807, 2.05) is 18.2 Å². The van der Waals surface area contributed by atoms with E-state index in [2.05, 4.69) is 13.8 Å². The molecule has 0 saturated carbocycles. The van der Waals surface area contributed by atoms with Crippen LogP contribution in [-0.2, 0) is 6.42 Å². The fourth-order valence-electron chi connectivity index (χ4n) is 0.878. The second kappa shape index (κ2) is 3.25. The fraction of sp³-hybridized carbons (Fsp3) is 0.444. The number of rotatable bonds is 2. The van der Waals surface area contributed by atoms with Gasteiger partial charge in [0, 0.05) is 5.92 Å². The van der Waals surface area contributed by atoms with Gasteiger partial charge in [-0.2, -0.15) is 5.26 Å². The predicted molar refractivity (Wildman–Crippen MR) is 42.1 cm³/mol. The van der Waals surface area contributed by atoms with Gasteiger partial charge in [-0.3, -0.25) is 0 Å². The van der Waals surface area contributed by atoms with Crippen molar-refractivity contribution < 1.29 is 4.42 Å². The average Bonchev–Trinajstić information content (AvgIpc) is 2.37. The van der Waals surface area contributed by atoms with Crippen molar-refractivity contribution in [3.63, 3.8) is 0 Å². The summed E-state index contributed by atoms with van der Waals surface area (Å²) < 4.78 is 5.36. The van der Waals surface area contributed by atoms with E-state index >= 15 is 0 Å². The highest BCUT2D eigenvalue weighted by Gasteiger charge is 2.04. The highest BCUT2D eigenvalue weighted by Crippen LogP contribution is 2.17. The Hall–Kier alpha value is -1.23. The highest BCUT2D eigenvalue weighted by atomic mass is 16.3. The number of nitrogens with zero attached hydrogens (tertiary/aromatic N) is 1. The van der Waals surface area contributed by atoms with E-state index in [1.54, 1.807) is 0 Å². The summed E-state index contributed by atoms with van der Waals surface area (Å²) in [5, 5.41) is 8.36. The molecule has 0 atom stereocenters. The van der Waals surface area contributed by atoms with Crippen LogP contribution >= 0.6 is 0 Å². The minimum atomic E-state index is 0.368. The summed E-state index contributed by atoms with van der Waals surface area (Å²) in [7, 11) is 0. The normalized spacial score (nSPS) is 10.0. The zero-order valence-electron chi connectivity index (χ0n) is 6.79. The smallest absolute Gasteiger partial charge is 0.118 e. The van der Waals surface area contributed by atoms with Crippen molar-refractivity contribution in [3.05, 3.63) is 23.7 Å². The maximum absolute atomic E-state index is 8.36. The van der Waals surface area contributed by atoms with Gasteiger partial charge in [-0.15, -0.1) is 0 Å². The summed E-state index contributed by atoms with van der Waals surface area (Å²) in [6.07, 6.45) is 0.368. The Balaban J connectivity index is 2.75. The molecule has 0 fully saturated rings. The fourth-order valence-corrected chi connectivity index (χ4v) is 0.878. The quantitative estimate of drug-likeness (QED) is 0.647. The van der Waals surface area contributed by atoms with Gasteiger partial charge in [0.2, 0.25) is 0 Å². The lowest BCUT2D eigenvalue weighted by Crippen LogP contribution is -1.81. The van der Waals surface area contributed by atoms with E-state index in [1.165, 1.54) is 0 Å². The third-order valence-corrected chi connectivity index (χ3v) is 1.50. The van der Waals surface area contributed by atoms with Crippen molar-refractivity contribution in [3.8, 4) is 6.07 Å². The van der Waals surface area contributed by atoms with Crippen LogP contribution in [0.4, 0.5) is 0 Å². The van der Waals surface area contributed by atoms with Crippen LogP contribution in [0.15, 0.2) is 16.5 Å². The topological polar surface area (TPSA) is 36.9 Å². The molecule has 0 aromatic carbocycles. The third kappa shape index (κ3) is 1.84. The third-order valence-electron chi connectivity index (χ3n) is 1.50. The molecule has 58 valence electrons. The van der Waals surface area contributed by atoms with Crippen LogP contribution in [0.2, 0.25) is 0 Å². The van der Waals surface area contributed by atoms with Crippen LogP contribution in [0, 0.1) is 11.3 Å². The van der Waals surface area contributed by atoms with E-state index in [-0.39, 0.29) is 0 Å². The summed E-state index contributed by atoms with van der Waals surface area (Å²) in [5.74, 6) is 2.12. The molecule has 1 heterocycles. The number of furan rings is 1. The molecule has 0 aliphatic rings. The first kappa shape index (κ1) is 7.87. The Morgan fingerprint density at radius 3 is 2.73 bits per heavy atom. The molecule has 1 rings (SSSR count). The van der Waals surface area contributed by atoms with Crippen LogP contribution in [-0.4, -0.2) is 0 Å². The van der Waals surface area contributed by atoms with Gasteiger partial charge in [0.15, 0.2) is 0 Å². The van der Waals surface area contributed by atoms with Gasteiger partial charge < -0.3 is 4.42 Å². The molecule has 2 nitrogen and oxygen atoms in total. The zero-order valence-corrected chi connectivity index (χ0v) is 6.79. The zero-order chi connectivity index (χ0) is 8.27. The Bertz CT molecular complexity index is 267. The summed E-state index contributed by atoms with van der Waals surface area (Å²) in [6.45, 7) is 4.13. The molecule has 0 unspecified atom stereocenters. The molecule has 1 aromatic rings. The van der Waals surface area contributed by atoms with Crippen LogP contribution in [0.5, 0.6) is 0 Å². The Morgan fingerprint density at radius 2 is 2.27 bits per heavy atom. The monoisotopic (exact) mass is 149 g/mol. The van der Waals surface area contributed by atoms with Crippen LogP contribution in [0.1, 0.15) is 31.3 Å². The maximum atomic E-state index is 8.36. The Labute approximate surface area is 66.4 Å². The second-order valence-electron chi connectivity index (χ2n) is 2.79. The van der Waals surface area contributed by atoms with Gasteiger partial charge in [0.1, 0.15) is 11.5 Å². The van der Waals surface area contributed by atoms with Gasteiger partial charge >= 0.3 is 0 Å². The summed E-state index contributed by atoms with van der Waals surface area (Å²) in [4.78, 5) is 0. The van der Waals surface area contributed by atoms with Gasteiger partial charge in [0.25, 0.3) is 0 Å². The standard InChI is InChI=1S/C9H11NO/c1-7(2)9-4-3-8(11-9)5-6-10/h3-4,7H,5H2,1-2H3. The number of hydrogen-bond acceptors (Lipinski definition) is 2. The van der Waals surface area contributed by atoms with Gasteiger partial charge in [-0.1, -0.05) is 13.8 Å². The van der Waals surface area contributed by atoms with Crippen molar-refractivity contribution >= 4 is 0 Å². The first-order chi connectivity index (χ1) is 5.24. The molecule has 0 radical (unpaired) electrons. The molecule has 0 bridgehead atoms. The molecule has 2 heteroatoms. The van der Waals surface area contributed by atoms with E-state index in [9.17, 15) is 0 Å². The first-order valence-electron chi connectivity index (χ1n) is 3.69. The molecular weight excluding hydrogens is 138 g/mol. The van der Waals surface area contributed by atoms with Gasteiger partial charge in [-0.05, 0) is 12.1 Å². The van der Waals surface area contributed by atoms with E-state index in [0.29, 0.717) is 12.3 Å². The molecule has 0 saturated heterocycles. The molecule has 0 aliphatic heterocycles. The lowest BCUT2D eigenvalue weighted by atomic mass is 10.2. The Morgan fingerprint density at radius 1 is 1.55 bits per heavy atom. The van der Waals surface area contributed by atoms with Crippen molar-refractivity contribution in [2.75, 3.05) is 0 Å². The van der Waals surface area contributed by atoms with Crippen molar-refractivity contribution in [1.29, 1.82) is 5.26 Å². The number of nitriles is 1. The lowest BCUT2D eigenvalue weighted by molar-refractivity contribution is 0.457. The molecule has 11 heavy (non-hydrogen) atoms. The lowest BCUT2D eigenvalue weighted by Gasteiger charge is -1.96. The Kier molecular flexibility index (Phi) is 2.32. The van der Waals surface area contributed by atoms with Crippen LogP contribution in [0.3, 0.4) is 0 Å². The van der Waals surface area contributed by atoms with Gasteiger partial charge in [-0.25, -0.2) is 0 Å². The number of hydrogen-bond donors (Lipinski definition) is 0. The predicted octanol–water partition coefficient (Wildman–Crippen LogP) is 2.47. The summed E-state index contributed by atoms with van der Waals surface area (Å²) in [5.41, 5.74) is 0. The highest BCUT2D eigenvalue weighted by molar-refractivity contribution is 5.12. The van der Waals surface area contributed by atoms with Gasteiger partial charge in [0.05, 0.1) is 12.5 Å².